The van der Waals surface area contributed by atoms with Gasteiger partial charge in [-0.05, 0) is 30.2 Å². The second-order valence-electron chi connectivity index (χ2n) is 7.99. The van der Waals surface area contributed by atoms with E-state index in [1.165, 1.54) is 22.2 Å². The van der Waals surface area contributed by atoms with Gasteiger partial charge in [-0.2, -0.15) is 0 Å². The van der Waals surface area contributed by atoms with Crippen molar-refractivity contribution >= 4 is 16.6 Å². The largest absolute Gasteiger partial charge is 0.486 e. The molecule has 1 aromatic heterocycles. The first-order valence-corrected chi connectivity index (χ1v) is 10.9. The first kappa shape index (κ1) is 19.1. The van der Waals surface area contributed by atoms with E-state index in [-0.39, 0.29) is 0 Å². The van der Waals surface area contributed by atoms with Crippen molar-refractivity contribution in [3.8, 4) is 11.5 Å². The number of aromatic nitrogens is 1. The molecule has 0 aliphatic carbocycles. The lowest BCUT2D eigenvalue weighted by Crippen LogP contribution is -2.47. The van der Waals surface area contributed by atoms with Crippen molar-refractivity contribution in [2.75, 3.05) is 50.8 Å². The van der Waals surface area contributed by atoms with Crippen LogP contribution in [0.1, 0.15) is 5.56 Å². The van der Waals surface area contributed by atoms with Gasteiger partial charge in [-0.15, -0.1) is 6.58 Å². The predicted octanol–water partition coefficient (Wildman–Crippen LogP) is 3.96. The Bertz CT molecular complexity index is 1030. The van der Waals surface area contributed by atoms with E-state index in [0.29, 0.717) is 13.2 Å². The number of ether oxygens (including phenoxy) is 2. The summed E-state index contributed by atoms with van der Waals surface area (Å²) in [5.74, 6) is 1.78. The number of benzene rings is 2. The topological polar surface area (TPSA) is 29.9 Å². The van der Waals surface area contributed by atoms with Crippen LogP contribution < -0.4 is 14.4 Å². The van der Waals surface area contributed by atoms with Crippen LogP contribution in [0, 0.1) is 0 Å². The lowest BCUT2D eigenvalue weighted by molar-refractivity contribution is 0.171. The highest BCUT2D eigenvalue weighted by atomic mass is 16.6. The van der Waals surface area contributed by atoms with Gasteiger partial charge >= 0.3 is 0 Å². The first-order valence-electron chi connectivity index (χ1n) is 10.9. The Kier molecular flexibility index (Phi) is 5.37. The van der Waals surface area contributed by atoms with E-state index in [4.69, 9.17) is 9.47 Å². The van der Waals surface area contributed by atoms with Gasteiger partial charge in [0.25, 0.3) is 0 Å². The number of allylic oxidation sites excluding steroid dienone is 1. The Hall–Kier alpha value is -2.92. The van der Waals surface area contributed by atoms with Crippen molar-refractivity contribution in [2.24, 2.45) is 0 Å². The van der Waals surface area contributed by atoms with Crippen molar-refractivity contribution in [1.29, 1.82) is 0 Å². The maximum absolute atomic E-state index is 5.91. The molecule has 1 saturated heterocycles. The minimum Gasteiger partial charge on any atom is -0.486 e. The van der Waals surface area contributed by atoms with Gasteiger partial charge in [0.1, 0.15) is 13.2 Å². The van der Waals surface area contributed by atoms with Gasteiger partial charge in [-0.25, -0.2) is 0 Å². The third kappa shape index (κ3) is 3.65. The highest BCUT2D eigenvalue weighted by Gasteiger charge is 2.23. The number of hydrogen-bond donors (Lipinski definition) is 0. The normalized spacial score (nSPS) is 16.7. The number of nitrogens with zero attached hydrogens (tertiary/aromatic N) is 3. The summed E-state index contributed by atoms with van der Waals surface area (Å²) in [6, 6.07) is 14.9. The van der Waals surface area contributed by atoms with Crippen molar-refractivity contribution < 1.29 is 9.47 Å². The number of hydrogen-bond acceptors (Lipinski definition) is 4. The molecule has 5 rings (SSSR count). The molecule has 2 aromatic carbocycles. The molecule has 2 aliphatic heterocycles. The summed E-state index contributed by atoms with van der Waals surface area (Å²) in [6.45, 7) is 11.3. The molecule has 0 N–H and O–H groups in total. The zero-order valence-corrected chi connectivity index (χ0v) is 17.4. The number of piperazine rings is 1. The Balaban J connectivity index is 1.23. The summed E-state index contributed by atoms with van der Waals surface area (Å²) in [4.78, 5) is 5.00. The van der Waals surface area contributed by atoms with Crippen molar-refractivity contribution in [3.05, 3.63) is 66.9 Å². The highest BCUT2D eigenvalue weighted by molar-refractivity contribution is 5.84. The van der Waals surface area contributed by atoms with Crippen molar-refractivity contribution in [2.45, 2.75) is 13.0 Å². The van der Waals surface area contributed by atoms with Gasteiger partial charge in [0, 0.05) is 56.4 Å². The van der Waals surface area contributed by atoms with E-state index in [1.807, 2.05) is 12.1 Å². The van der Waals surface area contributed by atoms with E-state index in [9.17, 15) is 0 Å². The molecule has 0 bridgehead atoms. The van der Waals surface area contributed by atoms with Crippen LogP contribution in [0.4, 0.5) is 5.69 Å². The SMILES string of the molecule is C=CCn1cc(CCN2CCN(c3cccc4c3OCCO4)CC2)c2ccccc21. The van der Waals surface area contributed by atoms with Gasteiger partial charge < -0.3 is 18.9 Å². The second-order valence-corrected chi connectivity index (χ2v) is 7.99. The molecule has 1 fully saturated rings. The van der Waals surface area contributed by atoms with Gasteiger partial charge in [0.15, 0.2) is 11.5 Å². The lowest BCUT2D eigenvalue weighted by Gasteiger charge is -2.37. The monoisotopic (exact) mass is 403 g/mol. The second kappa shape index (κ2) is 8.44. The van der Waals surface area contributed by atoms with Crippen LogP contribution in [0.3, 0.4) is 0 Å². The minimum absolute atomic E-state index is 0.628. The van der Waals surface area contributed by atoms with Gasteiger partial charge in [0.2, 0.25) is 0 Å². The number of fused-ring (bicyclic) bond motifs is 2. The molecule has 30 heavy (non-hydrogen) atoms. The molecular formula is C25H29N3O2. The van der Waals surface area contributed by atoms with E-state index in [2.05, 4.69) is 63.5 Å². The highest BCUT2D eigenvalue weighted by Crippen LogP contribution is 2.39. The number of rotatable bonds is 6. The molecule has 0 spiro atoms. The predicted molar refractivity (Wildman–Crippen MR) is 122 cm³/mol. The molecule has 2 aliphatic rings. The fraction of sp³-hybridized carbons (Fsp3) is 0.360. The quantitative estimate of drug-likeness (QED) is 0.583. The molecule has 0 atom stereocenters. The summed E-state index contributed by atoms with van der Waals surface area (Å²) in [5, 5.41) is 1.37. The smallest absolute Gasteiger partial charge is 0.184 e. The van der Waals surface area contributed by atoms with Crippen LogP contribution >= 0.6 is 0 Å². The number of anilines is 1. The minimum atomic E-state index is 0.628. The first-order chi connectivity index (χ1) is 14.8. The van der Waals surface area contributed by atoms with E-state index in [1.54, 1.807) is 0 Å². The van der Waals surface area contributed by atoms with Gasteiger partial charge in [-0.1, -0.05) is 30.3 Å². The Labute approximate surface area is 178 Å². The fourth-order valence-corrected chi connectivity index (χ4v) is 4.61. The lowest BCUT2D eigenvalue weighted by atomic mass is 10.1. The molecule has 0 radical (unpaired) electrons. The van der Waals surface area contributed by atoms with Crippen molar-refractivity contribution in [1.82, 2.24) is 9.47 Å². The Morgan fingerprint density at radius 3 is 2.63 bits per heavy atom. The summed E-state index contributed by atoms with van der Waals surface area (Å²) in [5.41, 5.74) is 3.89. The summed E-state index contributed by atoms with van der Waals surface area (Å²) >= 11 is 0. The standard InChI is InChI=1S/C25H29N3O2/c1-2-11-28-19-20(21-6-3-4-7-22(21)28)10-12-26-13-15-27(16-14-26)23-8-5-9-24-25(23)30-18-17-29-24/h2-9,19H,1,10-18H2. The average molecular weight is 404 g/mol. The van der Waals surface area contributed by atoms with E-state index >= 15 is 0 Å². The molecule has 0 amide bonds. The summed E-state index contributed by atoms with van der Waals surface area (Å²) in [7, 11) is 0. The van der Waals surface area contributed by atoms with Crippen LogP contribution in [0.5, 0.6) is 11.5 Å². The third-order valence-electron chi connectivity index (χ3n) is 6.15. The molecule has 3 heterocycles. The van der Waals surface area contributed by atoms with Crippen LogP contribution in [-0.2, 0) is 13.0 Å². The van der Waals surface area contributed by atoms with Crippen LogP contribution in [0.15, 0.2) is 61.3 Å². The molecular weight excluding hydrogens is 374 g/mol. The maximum Gasteiger partial charge on any atom is 0.184 e. The fourth-order valence-electron chi connectivity index (χ4n) is 4.61. The van der Waals surface area contributed by atoms with Crippen LogP contribution in [0.2, 0.25) is 0 Å². The average Bonchev–Trinajstić information content (AvgIpc) is 3.16. The van der Waals surface area contributed by atoms with E-state index in [0.717, 1.165) is 57.2 Å². The van der Waals surface area contributed by atoms with Crippen molar-refractivity contribution in [3.63, 3.8) is 0 Å². The molecule has 156 valence electrons. The van der Waals surface area contributed by atoms with Crippen LogP contribution in [-0.4, -0.2) is 55.4 Å². The zero-order valence-electron chi connectivity index (χ0n) is 17.4. The molecule has 3 aromatic rings. The van der Waals surface area contributed by atoms with Gasteiger partial charge in [-0.3, -0.25) is 4.90 Å². The summed E-state index contributed by atoms with van der Waals surface area (Å²) < 4.78 is 14.0. The molecule has 0 unspecified atom stereocenters. The van der Waals surface area contributed by atoms with Crippen LogP contribution in [0.25, 0.3) is 10.9 Å². The van der Waals surface area contributed by atoms with E-state index < -0.39 is 0 Å². The van der Waals surface area contributed by atoms with Gasteiger partial charge in [0.05, 0.1) is 5.69 Å². The number of para-hydroxylation sites is 2. The maximum atomic E-state index is 5.91. The molecule has 5 nitrogen and oxygen atoms in total. The Morgan fingerprint density at radius 1 is 0.933 bits per heavy atom. The summed E-state index contributed by atoms with van der Waals surface area (Å²) in [6.07, 6.45) is 5.34. The molecule has 0 saturated carbocycles. The Morgan fingerprint density at radius 2 is 1.77 bits per heavy atom. The molecule has 5 heteroatoms. The third-order valence-corrected chi connectivity index (χ3v) is 6.15. The zero-order chi connectivity index (χ0) is 20.3.